The van der Waals surface area contributed by atoms with Crippen LogP contribution < -0.4 is 4.74 Å². The van der Waals surface area contributed by atoms with E-state index in [1.807, 2.05) is 24.3 Å². The van der Waals surface area contributed by atoms with Crippen LogP contribution in [0.3, 0.4) is 0 Å². The molecule has 0 saturated heterocycles. The number of rotatable bonds is 7. The van der Waals surface area contributed by atoms with Crippen LogP contribution >= 0.6 is 0 Å². The Morgan fingerprint density at radius 2 is 1.18 bits per heavy atom. The number of ketones is 1. The van der Waals surface area contributed by atoms with Gasteiger partial charge >= 0.3 is 0 Å². The molecule has 2 heterocycles. The van der Waals surface area contributed by atoms with Crippen molar-refractivity contribution in [1.82, 2.24) is 9.80 Å². The van der Waals surface area contributed by atoms with Crippen molar-refractivity contribution in [3.05, 3.63) is 137 Å². The molecule has 0 fully saturated rings. The summed E-state index contributed by atoms with van der Waals surface area (Å²) >= 11 is 0. The van der Waals surface area contributed by atoms with Gasteiger partial charge in [-0.15, -0.1) is 0 Å². The molecule has 0 spiro atoms. The third-order valence-corrected chi connectivity index (χ3v) is 8.19. The molecule has 0 aliphatic carbocycles. The van der Waals surface area contributed by atoms with E-state index >= 15 is 0 Å². The molecule has 0 N–H and O–H groups in total. The number of benzene rings is 4. The summed E-state index contributed by atoms with van der Waals surface area (Å²) in [5.41, 5.74) is 7.41. The quantitative estimate of drug-likeness (QED) is 0.286. The van der Waals surface area contributed by atoms with Crippen molar-refractivity contribution in [2.24, 2.45) is 0 Å². The van der Waals surface area contributed by atoms with Gasteiger partial charge in [0.25, 0.3) is 0 Å². The average molecular weight is 503 g/mol. The van der Waals surface area contributed by atoms with E-state index in [9.17, 15) is 4.79 Å². The lowest BCUT2D eigenvalue weighted by molar-refractivity contribution is 0.0458. The molecule has 2 aliphatic heterocycles. The molecule has 192 valence electrons. The maximum atomic E-state index is 14.5. The topological polar surface area (TPSA) is 32.8 Å². The van der Waals surface area contributed by atoms with E-state index in [-0.39, 0.29) is 17.9 Å². The van der Waals surface area contributed by atoms with Gasteiger partial charge < -0.3 is 4.74 Å². The van der Waals surface area contributed by atoms with Crippen molar-refractivity contribution in [3.63, 3.8) is 0 Å². The van der Waals surface area contributed by atoms with Crippen LogP contribution in [0.1, 0.15) is 44.2 Å². The Morgan fingerprint density at radius 1 is 0.658 bits per heavy atom. The highest BCUT2D eigenvalue weighted by atomic mass is 16.5. The van der Waals surface area contributed by atoms with Crippen molar-refractivity contribution in [1.29, 1.82) is 0 Å². The van der Waals surface area contributed by atoms with E-state index < -0.39 is 0 Å². The van der Waals surface area contributed by atoms with E-state index in [1.165, 1.54) is 27.8 Å². The van der Waals surface area contributed by atoms with Gasteiger partial charge in [0.05, 0.1) is 19.2 Å². The summed E-state index contributed by atoms with van der Waals surface area (Å²) in [5.74, 6) is 0.928. The molecular formula is C34H34N2O2. The number of carbonyl (C=O) groups excluding carboxylic acids is 1. The Morgan fingerprint density at radius 3 is 1.79 bits per heavy atom. The predicted octanol–water partition coefficient (Wildman–Crippen LogP) is 6.10. The number of fused-ring (bicyclic) bond motifs is 2. The van der Waals surface area contributed by atoms with Crippen LogP contribution in [0.4, 0.5) is 0 Å². The first kappa shape index (κ1) is 24.6. The van der Waals surface area contributed by atoms with Gasteiger partial charge in [-0.2, -0.15) is 0 Å². The number of carbonyl (C=O) groups is 1. The van der Waals surface area contributed by atoms with Crippen molar-refractivity contribution in [2.75, 3.05) is 20.2 Å². The molecule has 4 aromatic carbocycles. The minimum absolute atomic E-state index is 0.0654. The standard InChI is InChI=1S/C34H34N2O2/c1-38-31-17-15-28(16-18-31)34(37)33(36-22-20-26-10-6-8-14-30(26)24-36)32(27-11-3-2-4-12-27)35-21-19-25-9-5-7-13-29(25)23-35/h2-18,32-33H,19-24H2,1H3/t32-,33+/m0/s1. The van der Waals surface area contributed by atoms with Gasteiger partial charge in [0, 0.05) is 31.7 Å². The van der Waals surface area contributed by atoms with Crippen LogP contribution in [0.2, 0.25) is 0 Å². The van der Waals surface area contributed by atoms with Crippen LogP contribution in [-0.4, -0.2) is 41.8 Å². The summed E-state index contributed by atoms with van der Waals surface area (Å²) in [4.78, 5) is 19.5. The summed E-state index contributed by atoms with van der Waals surface area (Å²) in [5, 5.41) is 0. The molecule has 0 saturated carbocycles. The van der Waals surface area contributed by atoms with Gasteiger partial charge in [-0.1, -0.05) is 78.9 Å². The van der Waals surface area contributed by atoms with E-state index in [4.69, 9.17) is 4.74 Å². The zero-order valence-electron chi connectivity index (χ0n) is 21.9. The van der Waals surface area contributed by atoms with Crippen molar-refractivity contribution >= 4 is 5.78 Å². The highest BCUT2D eigenvalue weighted by Gasteiger charge is 2.40. The molecule has 4 nitrogen and oxygen atoms in total. The van der Waals surface area contributed by atoms with Crippen molar-refractivity contribution < 1.29 is 9.53 Å². The Kier molecular flexibility index (Phi) is 7.08. The maximum absolute atomic E-state index is 14.5. The first-order chi connectivity index (χ1) is 18.7. The number of nitrogens with zero attached hydrogens (tertiary/aromatic N) is 2. The van der Waals surface area contributed by atoms with Crippen LogP contribution in [-0.2, 0) is 25.9 Å². The van der Waals surface area contributed by atoms with Crippen LogP contribution in [0.25, 0.3) is 0 Å². The smallest absolute Gasteiger partial charge is 0.181 e. The zero-order valence-corrected chi connectivity index (χ0v) is 21.9. The molecule has 0 bridgehead atoms. The van der Waals surface area contributed by atoms with Gasteiger partial charge in [0.1, 0.15) is 5.75 Å². The van der Waals surface area contributed by atoms with E-state index in [1.54, 1.807) is 7.11 Å². The lowest BCUT2D eigenvalue weighted by Crippen LogP contribution is -2.53. The van der Waals surface area contributed by atoms with Gasteiger partial charge in [-0.25, -0.2) is 0 Å². The number of methoxy groups -OCH3 is 1. The molecule has 2 aliphatic rings. The van der Waals surface area contributed by atoms with E-state index in [0.717, 1.165) is 50.3 Å². The zero-order chi connectivity index (χ0) is 25.9. The number of ether oxygens (including phenoxy) is 1. The number of Topliss-reactive ketones (excluding diaryl/α,β-unsaturated/α-hetero) is 1. The van der Waals surface area contributed by atoms with Crippen LogP contribution in [0.15, 0.2) is 103 Å². The molecule has 6 rings (SSSR count). The van der Waals surface area contributed by atoms with Crippen molar-refractivity contribution in [2.45, 2.75) is 38.0 Å². The summed E-state index contributed by atoms with van der Waals surface area (Å²) in [6.07, 6.45) is 1.94. The molecule has 38 heavy (non-hydrogen) atoms. The normalized spacial score (nSPS) is 17.2. The second-order valence-corrected chi connectivity index (χ2v) is 10.4. The molecule has 0 unspecified atom stereocenters. The first-order valence-corrected chi connectivity index (χ1v) is 13.6. The minimum atomic E-state index is -0.315. The second kappa shape index (κ2) is 10.9. The number of hydrogen-bond donors (Lipinski definition) is 0. The predicted molar refractivity (Wildman–Crippen MR) is 151 cm³/mol. The van der Waals surface area contributed by atoms with Gasteiger partial charge in [-0.3, -0.25) is 14.6 Å². The van der Waals surface area contributed by atoms with E-state index in [2.05, 4.69) is 88.7 Å². The fourth-order valence-electron chi connectivity index (χ4n) is 6.19. The maximum Gasteiger partial charge on any atom is 0.181 e. The van der Waals surface area contributed by atoms with Gasteiger partial charge in [0.2, 0.25) is 0 Å². The van der Waals surface area contributed by atoms with E-state index in [0.29, 0.717) is 0 Å². The second-order valence-electron chi connectivity index (χ2n) is 10.4. The Hall–Kier alpha value is -3.73. The fourth-order valence-corrected chi connectivity index (χ4v) is 6.19. The molecule has 0 radical (unpaired) electrons. The lowest BCUT2D eigenvalue weighted by atomic mass is 9.86. The average Bonchev–Trinajstić information content (AvgIpc) is 2.99. The monoisotopic (exact) mass is 502 g/mol. The highest BCUT2D eigenvalue weighted by Crippen LogP contribution is 2.36. The third kappa shape index (κ3) is 4.90. The summed E-state index contributed by atoms with van der Waals surface area (Å²) in [6, 6.07) is 35.3. The first-order valence-electron chi connectivity index (χ1n) is 13.6. The Bertz CT molecular complexity index is 1400. The Labute approximate surface area is 225 Å². The fraction of sp³-hybridized carbons (Fsp3) is 0.265. The van der Waals surface area contributed by atoms with Crippen molar-refractivity contribution in [3.8, 4) is 5.75 Å². The summed E-state index contributed by atoms with van der Waals surface area (Å²) < 4.78 is 5.38. The summed E-state index contributed by atoms with van der Waals surface area (Å²) in [7, 11) is 1.66. The lowest BCUT2D eigenvalue weighted by Gasteiger charge is -2.45. The third-order valence-electron chi connectivity index (χ3n) is 8.19. The largest absolute Gasteiger partial charge is 0.497 e. The molecule has 4 heteroatoms. The molecular weight excluding hydrogens is 468 g/mol. The molecule has 2 atom stereocenters. The van der Waals surface area contributed by atoms with Gasteiger partial charge in [0.15, 0.2) is 5.78 Å². The van der Waals surface area contributed by atoms with Crippen LogP contribution in [0.5, 0.6) is 5.75 Å². The SMILES string of the molecule is COc1ccc(C(=O)[C@@H]([C@H](c2ccccc2)N2CCc3ccccc3C2)N2CCc3ccccc3C2)cc1. The van der Waals surface area contributed by atoms with Crippen LogP contribution in [0, 0.1) is 0 Å². The molecule has 4 aromatic rings. The molecule has 0 amide bonds. The highest BCUT2D eigenvalue weighted by molar-refractivity contribution is 6.01. The minimum Gasteiger partial charge on any atom is -0.497 e. The number of hydrogen-bond acceptors (Lipinski definition) is 4. The molecule has 0 aromatic heterocycles. The Balaban J connectivity index is 1.44. The van der Waals surface area contributed by atoms with Gasteiger partial charge in [-0.05, 0) is 64.9 Å². The summed E-state index contributed by atoms with van der Waals surface area (Å²) in [6.45, 7) is 3.40.